The Morgan fingerprint density at radius 3 is 2.41 bits per heavy atom. The molecule has 1 aliphatic heterocycles. The molecule has 0 aliphatic carbocycles. The van der Waals surface area contributed by atoms with Gasteiger partial charge in [-0.3, -0.25) is 9.78 Å². The van der Waals surface area contributed by atoms with Crippen LogP contribution in [0.4, 0.5) is 8.78 Å². The molecule has 3 N–H and O–H groups in total. The maximum absolute atomic E-state index is 13.4. The lowest BCUT2D eigenvalue weighted by molar-refractivity contribution is -0.138. The van der Waals surface area contributed by atoms with Crippen LogP contribution in [0.2, 0.25) is 0 Å². The molecule has 1 fully saturated rings. The Kier molecular flexibility index (Phi) is 6.34. The van der Waals surface area contributed by atoms with Crippen molar-refractivity contribution in [2.45, 2.75) is 23.0 Å². The molecule has 1 aromatic heterocycles. The first-order chi connectivity index (χ1) is 16.1. The van der Waals surface area contributed by atoms with Gasteiger partial charge >= 0.3 is 5.97 Å². The average Bonchev–Trinajstić information content (AvgIpc) is 2.78. The van der Waals surface area contributed by atoms with Crippen LogP contribution in [0, 0.1) is 11.6 Å². The Bertz CT molecular complexity index is 1290. The third kappa shape index (κ3) is 4.76. The van der Waals surface area contributed by atoms with Gasteiger partial charge in [-0.15, -0.1) is 0 Å². The Hall–Kier alpha value is -3.41. The van der Waals surface area contributed by atoms with Crippen LogP contribution in [0.1, 0.15) is 11.3 Å². The van der Waals surface area contributed by atoms with Gasteiger partial charge in [0, 0.05) is 0 Å². The topological polar surface area (TPSA) is 123 Å². The van der Waals surface area contributed by atoms with Crippen molar-refractivity contribution < 1.29 is 31.8 Å². The number of sulfonamides is 1. The molecule has 11 heteroatoms. The molecular weight excluding hydrogens is 468 g/mol. The van der Waals surface area contributed by atoms with Gasteiger partial charge in [-0.05, 0) is 60.5 Å². The Balaban J connectivity index is 1.60. The lowest BCUT2D eigenvalue weighted by Gasteiger charge is -2.48. The second-order valence-electron chi connectivity index (χ2n) is 7.98. The van der Waals surface area contributed by atoms with Crippen LogP contribution >= 0.6 is 0 Å². The number of rotatable bonds is 8. The molecule has 3 aromatic rings. The third-order valence-electron chi connectivity index (χ3n) is 5.49. The molecular formula is C23H21F2N3O5S. The van der Waals surface area contributed by atoms with Crippen LogP contribution in [-0.2, 0) is 26.8 Å². The summed E-state index contributed by atoms with van der Waals surface area (Å²) in [5.41, 5.74) is 5.15. The van der Waals surface area contributed by atoms with Crippen LogP contribution in [0.5, 0.6) is 5.75 Å². The zero-order valence-electron chi connectivity index (χ0n) is 17.8. The minimum atomic E-state index is -3.96. The van der Waals surface area contributed by atoms with Gasteiger partial charge in [-0.25, -0.2) is 17.2 Å². The molecule has 178 valence electrons. The highest BCUT2D eigenvalue weighted by molar-refractivity contribution is 7.89. The summed E-state index contributed by atoms with van der Waals surface area (Å²) >= 11 is 0. The summed E-state index contributed by atoms with van der Waals surface area (Å²) in [7, 11) is -3.96. The first kappa shape index (κ1) is 23.7. The molecule has 2 heterocycles. The van der Waals surface area contributed by atoms with E-state index in [1.807, 2.05) is 0 Å². The van der Waals surface area contributed by atoms with Crippen molar-refractivity contribution in [3.05, 3.63) is 89.8 Å². The number of carbonyl (C=O) groups is 1. The normalized spacial score (nSPS) is 16.4. The molecule has 1 atom stereocenters. The van der Waals surface area contributed by atoms with Crippen molar-refractivity contribution in [1.82, 2.24) is 9.29 Å². The van der Waals surface area contributed by atoms with Crippen LogP contribution in [0.3, 0.4) is 0 Å². The second kappa shape index (κ2) is 9.09. The summed E-state index contributed by atoms with van der Waals surface area (Å²) in [4.78, 5) is 15.1. The van der Waals surface area contributed by atoms with E-state index in [-0.39, 0.29) is 24.4 Å². The molecule has 0 unspecified atom stereocenters. The smallest absolute Gasteiger partial charge is 0.320 e. The molecule has 8 nitrogen and oxygen atoms in total. The quantitative estimate of drug-likeness (QED) is 0.498. The van der Waals surface area contributed by atoms with Crippen molar-refractivity contribution >= 4 is 16.0 Å². The van der Waals surface area contributed by atoms with Crippen molar-refractivity contribution in [2.75, 3.05) is 13.1 Å². The number of aliphatic carboxylic acids is 1. The van der Waals surface area contributed by atoms with Gasteiger partial charge < -0.3 is 15.6 Å². The fourth-order valence-electron chi connectivity index (χ4n) is 3.67. The fourth-order valence-corrected chi connectivity index (χ4v) is 5.28. The number of hydrogen-bond donors (Lipinski definition) is 2. The maximum atomic E-state index is 13.4. The van der Waals surface area contributed by atoms with E-state index in [0.29, 0.717) is 17.0 Å². The number of pyridine rings is 1. The fraction of sp³-hybridized carbons (Fsp3) is 0.217. The van der Waals surface area contributed by atoms with Crippen LogP contribution in [0.15, 0.2) is 71.8 Å². The van der Waals surface area contributed by atoms with E-state index in [9.17, 15) is 22.0 Å². The lowest BCUT2D eigenvalue weighted by atomic mass is 9.91. The average molecular weight is 490 g/mol. The number of nitrogens with zero attached hydrogens (tertiary/aromatic N) is 2. The van der Waals surface area contributed by atoms with Crippen LogP contribution in [-0.4, -0.2) is 47.9 Å². The number of carboxylic acids is 1. The SMILES string of the molecule is N[C@@H](Cc1cccc(S(=O)(=O)N2CC(Oc3ccc(F)cc3)(c3ccc(F)cn3)C2)c1)C(=O)O. The third-order valence-corrected chi connectivity index (χ3v) is 7.28. The van der Waals surface area contributed by atoms with E-state index < -0.39 is 39.3 Å². The van der Waals surface area contributed by atoms with Gasteiger partial charge in [-0.1, -0.05) is 12.1 Å². The van der Waals surface area contributed by atoms with E-state index in [0.717, 1.165) is 6.20 Å². The Labute approximate surface area is 194 Å². The lowest BCUT2D eigenvalue weighted by Crippen LogP contribution is -2.64. The first-order valence-electron chi connectivity index (χ1n) is 10.2. The number of benzene rings is 2. The van der Waals surface area contributed by atoms with Gasteiger partial charge in [0.1, 0.15) is 23.4 Å². The molecule has 1 saturated heterocycles. The van der Waals surface area contributed by atoms with E-state index in [4.69, 9.17) is 15.6 Å². The number of halogens is 2. The monoisotopic (exact) mass is 489 g/mol. The molecule has 1 aliphatic rings. The number of carboxylic acid groups (broad SMARTS) is 1. The van der Waals surface area contributed by atoms with Gasteiger partial charge in [-0.2, -0.15) is 4.31 Å². The second-order valence-corrected chi connectivity index (χ2v) is 9.92. The standard InChI is InChI=1S/C23H21F2N3O5S/c24-16-4-7-18(8-5-16)33-23(21-9-6-17(25)12-27-21)13-28(14-23)34(31,32)19-3-1-2-15(10-19)11-20(26)22(29)30/h1-10,12,20H,11,13-14,26H2,(H,29,30)/t20-/m0/s1. The zero-order valence-corrected chi connectivity index (χ0v) is 18.6. The van der Waals surface area contributed by atoms with Crippen molar-refractivity contribution in [2.24, 2.45) is 5.73 Å². The Morgan fingerprint density at radius 1 is 1.12 bits per heavy atom. The molecule has 4 rings (SSSR count). The van der Waals surface area contributed by atoms with Gasteiger partial charge in [0.25, 0.3) is 0 Å². The maximum Gasteiger partial charge on any atom is 0.320 e. The molecule has 0 saturated carbocycles. The van der Waals surface area contributed by atoms with Crippen LogP contribution < -0.4 is 10.5 Å². The van der Waals surface area contributed by atoms with E-state index in [1.54, 1.807) is 6.07 Å². The number of aromatic nitrogens is 1. The largest absolute Gasteiger partial charge is 0.480 e. The van der Waals surface area contributed by atoms with Gasteiger partial charge in [0.2, 0.25) is 10.0 Å². The number of hydrogen-bond acceptors (Lipinski definition) is 6. The van der Waals surface area contributed by atoms with Gasteiger partial charge in [0.05, 0.1) is 29.9 Å². The first-order valence-corrected chi connectivity index (χ1v) is 11.7. The predicted octanol–water partition coefficient (Wildman–Crippen LogP) is 2.29. The van der Waals surface area contributed by atoms with E-state index in [1.165, 1.54) is 58.9 Å². The summed E-state index contributed by atoms with van der Waals surface area (Å²) < 4.78 is 60.5. The van der Waals surface area contributed by atoms with E-state index in [2.05, 4.69) is 4.98 Å². The van der Waals surface area contributed by atoms with Crippen LogP contribution in [0.25, 0.3) is 0 Å². The summed E-state index contributed by atoms with van der Waals surface area (Å²) in [6.07, 6.45) is 0.979. The molecule has 0 radical (unpaired) electrons. The van der Waals surface area contributed by atoms with Crippen molar-refractivity contribution in [3.8, 4) is 5.75 Å². The molecule has 0 amide bonds. The van der Waals surface area contributed by atoms with Crippen molar-refractivity contribution in [3.63, 3.8) is 0 Å². The Morgan fingerprint density at radius 2 is 1.79 bits per heavy atom. The zero-order chi connectivity index (χ0) is 24.5. The number of ether oxygens (including phenoxy) is 1. The summed E-state index contributed by atoms with van der Waals surface area (Å²) in [6.45, 7) is -0.242. The van der Waals surface area contributed by atoms with E-state index >= 15 is 0 Å². The highest BCUT2D eigenvalue weighted by Crippen LogP contribution is 2.39. The number of nitrogens with two attached hydrogens (primary N) is 1. The molecule has 2 aromatic carbocycles. The highest BCUT2D eigenvalue weighted by Gasteiger charge is 2.53. The predicted molar refractivity (Wildman–Crippen MR) is 117 cm³/mol. The summed E-state index contributed by atoms with van der Waals surface area (Å²) in [6, 6.07) is 12.6. The summed E-state index contributed by atoms with van der Waals surface area (Å²) in [5, 5.41) is 9.01. The molecule has 0 bridgehead atoms. The van der Waals surface area contributed by atoms with Crippen molar-refractivity contribution in [1.29, 1.82) is 0 Å². The molecule has 34 heavy (non-hydrogen) atoms. The minimum Gasteiger partial charge on any atom is -0.480 e. The summed E-state index contributed by atoms with van der Waals surface area (Å²) in [5.74, 6) is -1.90. The highest BCUT2D eigenvalue weighted by atomic mass is 32.2. The molecule has 0 spiro atoms. The van der Waals surface area contributed by atoms with Gasteiger partial charge in [0.15, 0.2) is 5.60 Å². The minimum absolute atomic E-state index is 0.0231.